The highest BCUT2D eigenvalue weighted by atomic mass is 127. The minimum atomic E-state index is 0.970. The van der Waals surface area contributed by atoms with Crippen LogP contribution in [0.5, 0.6) is 0 Å². The third-order valence-electron chi connectivity index (χ3n) is 2.08. The van der Waals surface area contributed by atoms with E-state index in [4.69, 9.17) is 0 Å². The Kier molecular flexibility index (Phi) is 3.19. The van der Waals surface area contributed by atoms with Crippen LogP contribution < -0.4 is 0 Å². The molecule has 0 saturated carbocycles. The summed E-state index contributed by atoms with van der Waals surface area (Å²) in [5.41, 5.74) is 2.58. The standard InChI is InChI=1S/C13H10I/c14-13-8-6-12(7-9-13)10-11-4-2-1-3-5-11/h1-4,6-9H,10H2. The van der Waals surface area contributed by atoms with Gasteiger partial charge in [0.1, 0.15) is 0 Å². The van der Waals surface area contributed by atoms with Gasteiger partial charge in [0.25, 0.3) is 0 Å². The van der Waals surface area contributed by atoms with Gasteiger partial charge in [0.15, 0.2) is 0 Å². The molecule has 2 aromatic rings. The van der Waals surface area contributed by atoms with Gasteiger partial charge in [-0.1, -0.05) is 36.4 Å². The molecule has 0 heterocycles. The van der Waals surface area contributed by atoms with E-state index in [9.17, 15) is 0 Å². The molecule has 0 saturated heterocycles. The van der Waals surface area contributed by atoms with Crippen LogP contribution in [0.25, 0.3) is 0 Å². The Bertz CT molecular complexity index is 389. The Labute approximate surface area is 98.1 Å². The zero-order chi connectivity index (χ0) is 9.80. The van der Waals surface area contributed by atoms with E-state index in [1.165, 1.54) is 14.7 Å². The summed E-state index contributed by atoms with van der Waals surface area (Å²) in [6.07, 6.45) is 0.970. The van der Waals surface area contributed by atoms with Crippen molar-refractivity contribution >= 4 is 22.6 Å². The summed E-state index contributed by atoms with van der Waals surface area (Å²) in [4.78, 5) is 0. The number of rotatable bonds is 2. The van der Waals surface area contributed by atoms with Gasteiger partial charge < -0.3 is 0 Å². The lowest BCUT2D eigenvalue weighted by molar-refractivity contribution is 1.19. The predicted molar refractivity (Wildman–Crippen MR) is 67.2 cm³/mol. The molecule has 0 aromatic heterocycles. The molecule has 0 aliphatic heterocycles. The summed E-state index contributed by atoms with van der Waals surface area (Å²) >= 11 is 2.32. The molecule has 0 nitrogen and oxygen atoms in total. The van der Waals surface area contributed by atoms with Crippen molar-refractivity contribution in [3.63, 3.8) is 0 Å². The first kappa shape index (κ1) is 9.71. The normalized spacial score (nSPS) is 10.1. The lowest BCUT2D eigenvalue weighted by atomic mass is 10.1. The molecule has 2 rings (SSSR count). The van der Waals surface area contributed by atoms with Crippen LogP contribution in [0.3, 0.4) is 0 Å². The van der Waals surface area contributed by atoms with Gasteiger partial charge in [-0.2, -0.15) is 0 Å². The first-order chi connectivity index (χ1) is 6.84. The fraction of sp³-hybridized carbons (Fsp3) is 0.0769. The maximum Gasteiger partial charge on any atom is 0.0130 e. The maximum atomic E-state index is 3.23. The average Bonchev–Trinajstić information content (AvgIpc) is 2.23. The second kappa shape index (κ2) is 4.60. The van der Waals surface area contributed by atoms with Crippen molar-refractivity contribution in [3.8, 4) is 0 Å². The van der Waals surface area contributed by atoms with E-state index in [0.29, 0.717) is 0 Å². The van der Waals surface area contributed by atoms with Crippen molar-refractivity contribution in [1.29, 1.82) is 0 Å². The van der Waals surface area contributed by atoms with Gasteiger partial charge in [-0.05, 0) is 58.3 Å². The van der Waals surface area contributed by atoms with Crippen LogP contribution in [0.2, 0.25) is 0 Å². The Morgan fingerprint density at radius 1 is 1.00 bits per heavy atom. The molecule has 1 radical (unpaired) electrons. The predicted octanol–water partition coefficient (Wildman–Crippen LogP) is 3.68. The number of halogens is 1. The summed E-state index contributed by atoms with van der Waals surface area (Å²) in [5, 5.41) is 0. The molecule has 69 valence electrons. The molecule has 0 fully saturated rings. The zero-order valence-electron chi connectivity index (χ0n) is 7.70. The minimum absolute atomic E-state index is 0.970. The Morgan fingerprint density at radius 2 is 1.79 bits per heavy atom. The first-order valence-corrected chi connectivity index (χ1v) is 5.62. The highest BCUT2D eigenvalue weighted by Crippen LogP contribution is 2.11. The zero-order valence-corrected chi connectivity index (χ0v) is 9.86. The van der Waals surface area contributed by atoms with Crippen LogP contribution in [-0.2, 0) is 6.42 Å². The molecule has 1 heteroatoms. The average molecular weight is 293 g/mol. The molecular formula is C13H10I. The molecule has 0 unspecified atom stereocenters. The van der Waals surface area contributed by atoms with Crippen LogP contribution in [0, 0.1) is 9.64 Å². The van der Waals surface area contributed by atoms with E-state index < -0.39 is 0 Å². The fourth-order valence-corrected chi connectivity index (χ4v) is 1.72. The monoisotopic (exact) mass is 293 g/mol. The second-order valence-electron chi connectivity index (χ2n) is 3.19. The Balaban J connectivity index is 2.16. The molecule has 0 aliphatic rings. The summed E-state index contributed by atoms with van der Waals surface area (Å²) in [6.45, 7) is 0. The molecule has 14 heavy (non-hydrogen) atoms. The van der Waals surface area contributed by atoms with E-state index in [0.717, 1.165) is 6.42 Å². The summed E-state index contributed by atoms with van der Waals surface area (Å²) in [5.74, 6) is 0. The van der Waals surface area contributed by atoms with E-state index in [-0.39, 0.29) is 0 Å². The van der Waals surface area contributed by atoms with Crippen LogP contribution >= 0.6 is 22.6 Å². The van der Waals surface area contributed by atoms with Gasteiger partial charge >= 0.3 is 0 Å². The van der Waals surface area contributed by atoms with Crippen LogP contribution in [0.4, 0.5) is 0 Å². The van der Waals surface area contributed by atoms with E-state index in [1.807, 2.05) is 12.1 Å². The van der Waals surface area contributed by atoms with Crippen molar-refractivity contribution in [1.82, 2.24) is 0 Å². The van der Waals surface area contributed by atoms with Crippen LogP contribution in [0.15, 0.2) is 48.5 Å². The number of benzene rings is 2. The Hall–Kier alpha value is -0.830. The van der Waals surface area contributed by atoms with E-state index >= 15 is 0 Å². The lowest BCUT2D eigenvalue weighted by Gasteiger charge is -2.00. The number of hydrogen-bond acceptors (Lipinski definition) is 0. The third-order valence-corrected chi connectivity index (χ3v) is 2.80. The highest BCUT2D eigenvalue weighted by molar-refractivity contribution is 14.1. The molecule has 0 bridgehead atoms. The summed E-state index contributed by atoms with van der Waals surface area (Å²) < 4.78 is 1.28. The van der Waals surface area contributed by atoms with Crippen LogP contribution in [-0.4, -0.2) is 0 Å². The van der Waals surface area contributed by atoms with Crippen LogP contribution in [0.1, 0.15) is 11.1 Å². The van der Waals surface area contributed by atoms with Gasteiger partial charge in [0, 0.05) is 3.57 Å². The largest absolute Gasteiger partial charge is 0.0619 e. The molecular weight excluding hydrogens is 283 g/mol. The quantitative estimate of drug-likeness (QED) is 0.741. The van der Waals surface area contributed by atoms with E-state index in [1.54, 1.807) is 0 Å². The van der Waals surface area contributed by atoms with Gasteiger partial charge in [0.2, 0.25) is 0 Å². The van der Waals surface area contributed by atoms with Crippen molar-refractivity contribution in [2.75, 3.05) is 0 Å². The van der Waals surface area contributed by atoms with Gasteiger partial charge in [-0.15, -0.1) is 0 Å². The van der Waals surface area contributed by atoms with Gasteiger partial charge in [-0.25, -0.2) is 0 Å². The smallest absolute Gasteiger partial charge is 0.0130 e. The first-order valence-electron chi connectivity index (χ1n) is 4.54. The van der Waals surface area contributed by atoms with E-state index in [2.05, 4.69) is 65.1 Å². The van der Waals surface area contributed by atoms with Gasteiger partial charge in [0.05, 0.1) is 0 Å². The van der Waals surface area contributed by atoms with Gasteiger partial charge in [-0.3, -0.25) is 0 Å². The molecule has 2 aromatic carbocycles. The highest BCUT2D eigenvalue weighted by Gasteiger charge is 1.95. The van der Waals surface area contributed by atoms with Crippen molar-refractivity contribution in [3.05, 3.63) is 69.3 Å². The number of hydrogen-bond donors (Lipinski definition) is 0. The topological polar surface area (TPSA) is 0 Å². The molecule has 0 amide bonds. The third kappa shape index (κ3) is 2.58. The van der Waals surface area contributed by atoms with Crippen molar-refractivity contribution in [2.24, 2.45) is 0 Å². The molecule has 0 spiro atoms. The summed E-state index contributed by atoms with van der Waals surface area (Å²) in [6, 6.07) is 20.0. The maximum absolute atomic E-state index is 3.23. The van der Waals surface area contributed by atoms with Crippen molar-refractivity contribution in [2.45, 2.75) is 6.42 Å². The molecule has 0 aliphatic carbocycles. The SMILES string of the molecule is Ic1ccc(Cc2[c]cccc2)cc1. The van der Waals surface area contributed by atoms with Crippen molar-refractivity contribution < 1.29 is 0 Å². The Morgan fingerprint density at radius 3 is 2.43 bits per heavy atom. The molecule has 0 N–H and O–H groups in total. The fourth-order valence-electron chi connectivity index (χ4n) is 1.36. The molecule has 0 atom stereocenters. The summed E-state index contributed by atoms with van der Waals surface area (Å²) in [7, 11) is 0. The minimum Gasteiger partial charge on any atom is -0.0619 e. The second-order valence-corrected chi connectivity index (χ2v) is 4.44. The lowest BCUT2D eigenvalue weighted by Crippen LogP contribution is -1.87.